The Morgan fingerprint density at radius 3 is 2.04 bits per heavy atom. The van der Waals surface area contributed by atoms with Crippen LogP contribution < -0.4 is 14.2 Å². The molecule has 5 nitrogen and oxygen atoms in total. The van der Waals surface area contributed by atoms with Crippen LogP contribution in [0.5, 0.6) is 17.2 Å². The predicted molar refractivity (Wildman–Crippen MR) is 94.4 cm³/mol. The zero-order chi connectivity index (χ0) is 17.5. The highest BCUT2D eigenvalue weighted by Gasteiger charge is 2.24. The first-order valence-electron chi connectivity index (χ1n) is 7.52. The molecule has 0 amide bonds. The number of aryl methyl sites for hydroxylation is 1. The van der Waals surface area contributed by atoms with Crippen LogP contribution in [-0.4, -0.2) is 33.0 Å². The van der Waals surface area contributed by atoms with Gasteiger partial charge in [0.2, 0.25) is 5.52 Å². The zero-order valence-electron chi connectivity index (χ0n) is 14.0. The van der Waals surface area contributed by atoms with Crippen molar-refractivity contribution in [1.29, 1.82) is 0 Å². The second-order valence-electron chi connectivity index (χ2n) is 5.14. The topological polar surface area (TPSA) is 61.8 Å². The summed E-state index contributed by atoms with van der Waals surface area (Å²) in [6.07, 6.45) is 0.900. The standard InChI is InChI=1S/C18H21O5P/c1-21-14-11-15(22-2)17(16(12-14)23-3)18(19)24(20)10-9-13-7-5-4-6-8-13/h4-8,11-12,24H,9-10H2,1-3H3. The van der Waals surface area contributed by atoms with Gasteiger partial charge in [-0.2, -0.15) is 0 Å². The van der Waals surface area contributed by atoms with Gasteiger partial charge in [-0.05, 0) is 12.0 Å². The fourth-order valence-electron chi connectivity index (χ4n) is 2.38. The second kappa shape index (κ2) is 8.55. The van der Waals surface area contributed by atoms with Gasteiger partial charge in [-0.15, -0.1) is 0 Å². The molecule has 24 heavy (non-hydrogen) atoms. The Bertz CT molecular complexity index is 702. The third kappa shape index (κ3) is 4.18. The first kappa shape index (κ1) is 18.1. The summed E-state index contributed by atoms with van der Waals surface area (Å²) < 4.78 is 28.2. The predicted octanol–water partition coefficient (Wildman–Crippen LogP) is 3.66. The highest BCUT2D eigenvalue weighted by molar-refractivity contribution is 7.64. The number of ether oxygens (including phenoxy) is 3. The Morgan fingerprint density at radius 2 is 1.54 bits per heavy atom. The van der Waals surface area contributed by atoms with E-state index in [2.05, 4.69) is 0 Å². The Hall–Kier alpha value is -2.26. The minimum absolute atomic E-state index is 0.206. The van der Waals surface area contributed by atoms with Gasteiger partial charge < -0.3 is 18.8 Å². The van der Waals surface area contributed by atoms with E-state index in [0.717, 1.165) is 5.56 Å². The number of carbonyl (C=O) groups excluding carboxylic acids is 1. The minimum Gasteiger partial charge on any atom is -0.496 e. The second-order valence-corrected chi connectivity index (χ2v) is 6.95. The van der Waals surface area contributed by atoms with Crippen LogP contribution >= 0.6 is 7.80 Å². The van der Waals surface area contributed by atoms with Crippen molar-refractivity contribution >= 4 is 13.3 Å². The first-order valence-corrected chi connectivity index (χ1v) is 9.13. The number of methoxy groups -OCH3 is 3. The van der Waals surface area contributed by atoms with E-state index < -0.39 is 13.3 Å². The molecule has 0 fully saturated rings. The van der Waals surface area contributed by atoms with Crippen LogP contribution in [0.25, 0.3) is 0 Å². The molecular weight excluding hydrogens is 327 g/mol. The molecule has 6 heteroatoms. The van der Waals surface area contributed by atoms with Crippen molar-refractivity contribution in [2.45, 2.75) is 6.42 Å². The van der Waals surface area contributed by atoms with Crippen LogP contribution in [0.1, 0.15) is 15.9 Å². The van der Waals surface area contributed by atoms with Crippen molar-refractivity contribution in [1.82, 2.24) is 0 Å². The number of rotatable bonds is 8. The molecule has 0 aliphatic rings. The Balaban J connectivity index is 2.23. The lowest BCUT2D eigenvalue weighted by Crippen LogP contribution is -2.04. The van der Waals surface area contributed by atoms with Crippen molar-refractivity contribution in [3.8, 4) is 17.2 Å². The average Bonchev–Trinajstić information content (AvgIpc) is 2.64. The molecule has 0 aliphatic heterocycles. The Kier molecular flexibility index (Phi) is 6.44. The maximum absolute atomic E-state index is 12.7. The van der Waals surface area contributed by atoms with Gasteiger partial charge in [-0.25, -0.2) is 0 Å². The van der Waals surface area contributed by atoms with E-state index in [4.69, 9.17) is 14.2 Å². The lowest BCUT2D eigenvalue weighted by atomic mass is 10.2. The van der Waals surface area contributed by atoms with Crippen LogP contribution in [0, 0.1) is 0 Å². The maximum atomic E-state index is 12.7. The van der Waals surface area contributed by atoms with Gasteiger partial charge >= 0.3 is 0 Å². The number of hydrogen-bond acceptors (Lipinski definition) is 5. The normalized spacial score (nSPS) is 11.6. The smallest absolute Gasteiger partial charge is 0.225 e. The zero-order valence-corrected chi connectivity index (χ0v) is 15.0. The van der Waals surface area contributed by atoms with Crippen molar-refractivity contribution in [3.05, 3.63) is 53.6 Å². The molecule has 0 bridgehead atoms. The van der Waals surface area contributed by atoms with Crippen molar-refractivity contribution < 1.29 is 23.6 Å². The van der Waals surface area contributed by atoms with Crippen LogP contribution in [0.3, 0.4) is 0 Å². The molecule has 1 unspecified atom stereocenters. The summed E-state index contributed by atoms with van der Waals surface area (Å²) in [6, 6.07) is 12.8. The summed E-state index contributed by atoms with van der Waals surface area (Å²) in [5, 5.41) is 0. The number of hydrogen-bond donors (Lipinski definition) is 0. The van der Waals surface area contributed by atoms with Crippen LogP contribution in [0.15, 0.2) is 42.5 Å². The molecule has 0 heterocycles. The van der Waals surface area contributed by atoms with E-state index in [1.807, 2.05) is 30.3 Å². The molecule has 2 aromatic rings. The van der Waals surface area contributed by atoms with E-state index in [0.29, 0.717) is 29.8 Å². The van der Waals surface area contributed by atoms with E-state index in [-0.39, 0.29) is 5.56 Å². The number of benzene rings is 2. The summed E-state index contributed by atoms with van der Waals surface area (Å²) >= 11 is 0. The molecule has 128 valence electrons. The molecule has 0 saturated heterocycles. The number of carbonyl (C=O) groups is 1. The van der Waals surface area contributed by atoms with Crippen molar-refractivity contribution in [2.75, 3.05) is 27.5 Å². The van der Waals surface area contributed by atoms with E-state index >= 15 is 0 Å². The van der Waals surface area contributed by atoms with Crippen LogP contribution in [-0.2, 0) is 11.0 Å². The van der Waals surface area contributed by atoms with E-state index in [9.17, 15) is 9.36 Å². The Labute approximate surface area is 142 Å². The summed E-state index contributed by atoms with van der Waals surface area (Å²) in [7, 11) is 1.92. The monoisotopic (exact) mass is 348 g/mol. The highest BCUT2D eigenvalue weighted by Crippen LogP contribution is 2.40. The van der Waals surface area contributed by atoms with Gasteiger partial charge in [0.15, 0.2) is 0 Å². The molecule has 0 spiro atoms. The fraction of sp³-hybridized carbons (Fsp3) is 0.278. The minimum atomic E-state index is -2.49. The molecule has 2 aromatic carbocycles. The Morgan fingerprint density at radius 1 is 0.958 bits per heavy atom. The molecule has 2 rings (SSSR count). The fourth-order valence-corrected chi connectivity index (χ4v) is 3.65. The third-order valence-corrected chi connectivity index (χ3v) is 5.14. The highest BCUT2D eigenvalue weighted by atomic mass is 31.1. The molecular formula is C18H21O5P. The molecule has 0 saturated carbocycles. The van der Waals surface area contributed by atoms with Crippen LogP contribution in [0.4, 0.5) is 0 Å². The molecule has 0 radical (unpaired) electrons. The lowest BCUT2D eigenvalue weighted by Gasteiger charge is -2.14. The average molecular weight is 348 g/mol. The van der Waals surface area contributed by atoms with Gasteiger partial charge in [-0.1, -0.05) is 30.3 Å². The molecule has 0 aromatic heterocycles. The van der Waals surface area contributed by atoms with Gasteiger partial charge in [0.1, 0.15) is 30.6 Å². The largest absolute Gasteiger partial charge is 0.496 e. The molecule has 0 N–H and O–H groups in total. The lowest BCUT2D eigenvalue weighted by molar-refractivity contribution is 0.107. The van der Waals surface area contributed by atoms with Gasteiger partial charge in [-0.3, -0.25) is 4.79 Å². The van der Waals surface area contributed by atoms with Crippen LogP contribution in [0.2, 0.25) is 0 Å². The molecule has 1 atom stereocenters. The van der Waals surface area contributed by atoms with Gasteiger partial charge in [0, 0.05) is 18.3 Å². The SMILES string of the molecule is COc1cc(OC)c(C(=O)[PH](=O)CCc2ccccc2)c(OC)c1. The quantitative estimate of drug-likeness (QED) is 0.682. The summed E-state index contributed by atoms with van der Waals surface area (Å²) in [4.78, 5) is 12.7. The maximum Gasteiger partial charge on any atom is 0.225 e. The van der Waals surface area contributed by atoms with Gasteiger partial charge in [0.05, 0.1) is 21.3 Å². The summed E-state index contributed by atoms with van der Waals surface area (Å²) in [5.74, 6) is 1.10. The first-order chi connectivity index (χ1) is 11.6. The van der Waals surface area contributed by atoms with E-state index in [1.54, 1.807) is 12.1 Å². The third-order valence-electron chi connectivity index (χ3n) is 3.68. The van der Waals surface area contributed by atoms with E-state index in [1.165, 1.54) is 21.3 Å². The summed E-state index contributed by atoms with van der Waals surface area (Å²) in [5.41, 5.74) is 0.822. The van der Waals surface area contributed by atoms with Gasteiger partial charge in [0.25, 0.3) is 0 Å². The van der Waals surface area contributed by atoms with Crippen molar-refractivity contribution in [2.24, 2.45) is 0 Å². The summed E-state index contributed by atoms with van der Waals surface area (Å²) in [6.45, 7) is 0. The molecule has 0 aliphatic carbocycles. The van der Waals surface area contributed by atoms with Crippen molar-refractivity contribution in [3.63, 3.8) is 0 Å².